The maximum Gasteiger partial charge on any atom is 0.274 e. The van der Waals surface area contributed by atoms with Crippen molar-refractivity contribution < 1.29 is 4.79 Å². The fourth-order valence-electron chi connectivity index (χ4n) is 1.21. The summed E-state index contributed by atoms with van der Waals surface area (Å²) in [6.45, 7) is 3.71. The summed E-state index contributed by atoms with van der Waals surface area (Å²) in [7, 11) is 0. The summed E-state index contributed by atoms with van der Waals surface area (Å²) in [5, 5.41) is 21.2. The highest BCUT2D eigenvalue weighted by Gasteiger charge is 2.28. The number of nitriles is 1. The summed E-state index contributed by atoms with van der Waals surface area (Å²) in [5.41, 5.74) is -0.618. The molecule has 6 nitrogen and oxygen atoms in total. The van der Waals surface area contributed by atoms with Crippen LogP contribution in [0.1, 0.15) is 37.2 Å². The van der Waals surface area contributed by atoms with Crippen molar-refractivity contribution in [2.75, 3.05) is 0 Å². The molecule has 1 aromatic heterocycles. The zero-order valence-electron chi connectivity index (χ0n) is 8.74. The largest absolute Gasteiger partial charge is 0.332 e. The number of aromatic nitrogens is 3. The van der Waals surface area contributed by atoms with Crippen LogP contribution < -0.4 is 5.32 Å². The van der Waals surface area contributed by atoms with Gasteiger partial charge in [0.1, 0.15) is 5.54 Å². The van der Waals surface area contributed by atoms with Crippen LogP contribution in [0.5, 0.6) is 0 Å². The number of nitrogens with zero attached hydrogens (tertiary/aromatic N) is 3. The normalized spacial score (nSPS) is 10.7. The number of hydrogen-bond acceptors (Lipinski definition) is 4. The molecule has 0 aliphatic rings. The summed E-state index contributed by atoms with van der Waals surface area (Å²) in [6.07, 6.45) is 2.44. The van der Waals surface area contributed by atoms with E-state index >= 15 is 0 Å². The minimum Gasteiger partial charge on any atom is -0.332 e. The van der Waals surface area contributed by atoms with Crippen molar-refractivity contribution in [2.45, 2.75) is 32.2 Å². The van der Waals surface area contributed by atoms with Crippen molar-refractivity contribution in [3.63, 3.8) is 0 Å². The van der Waals surface area contributed by atoms with Crippen LogP contribution in [-0.4, -0.2) is 26.9 Å². The molecule has 1 aromatic rings. The number of nitrogens with one attached hydrogen (secondary N) is 2. The van der Waals surface area contributed by atoms with Gasteiger partial charge in [-0.2, -0.15) is 20.7 Å². The van der Waals surface area contributed by atoms with Crippen LogP contribution in [0.25, 0.3) is 0 Å². The van der Waals surface area contributed by atoms with E-state index in [9.17, 15) is 4.79 Å². The van der Waals surface area contributed by atoms with Crippen molar-refractivity contribution in [1.29, 1.82) is 5.26 Å². The minimum atomic E-state index is -0.809. The van der Waals surface area contributed by atoms with Crippen LogP contribution in [-0.2, 0) is 0 Å². The molecule has 0 aliphatic heterocycles. The van der Waals surface area contributed by atoms with E-state index < -0.39 is 5.54 Å². The average Bonchev–Trinajstić information content (AvgIpc) is 2.79. The Bertz CT molecular complexity index is 360. The fraction of sp³-hybridized carbons (Fsp3) is 0.556. The highest BCUT2D eigenvalue weighted by atomic mass is 16.2. The molecular formula is C9H13N5O. The second-order valence-corrected chi connectivity index (χ2v) is 3.21. The van der Waals surface area contributed by atoms with E-state index in [4.69, 9.17) is 5.26 Å². The standard InChI is InChI=1S/C9H13N5O/c1-3-9(4-2,6-10)12-8(15)7-5-11-14-13-7/h5H,3-4H2,1-2H3,(H,12,15)(H,11,13,14). The van der Waals surface area contributed by atoms with Crippen LogP contribution in [0.2, 0.25) is 0 Å². The van der Waals surface area contributed by atoms with Crippen molar-refractivity contribution in [2.24, 2.45) is 0 Å². The number of H-pyrrole nitrogens is 1. The summed E-state index contributed by atoms with van der Waals surface area (Å²) in [6, 6.07) is 2.12. The maximum atomic E-state index is 11.6. The summed E-state index contributed by atoms with van der Waals surface area (Å²) < 4.78 is 0. The number of amides is 1. The van der Waals surface area contributed by atoms with Gasteiger partial charge in [-0.25, -0.2) is 0 Å². The summed E-state index contributed by atoms with van der Waals surface area (Å²) in [5.74, 6) is -0.381. The van der Waals surface area contributed by atoms with E-state index in [0.717, 1.165) is 0 Å². The number of hydrogen-bond donors (Lipinski definition) is 2. The van der Waals surface area contributed by atoms with Crippen LogP contribution in [0.3, 0.4) is 0 Å². The summed E-state index contributed by atoms with van der Waals surface area (Å²) in [4.78, 5) is 11.6. The van der Waals surface area contributed by atoms with Crippen LogP contribution >= 0.6 is 0 Å². The third kappa shape index (κ3) is 2.31. The molecule has 0 atom stereocenters. The van der Waals surface area contributed by atoms with E-state index in [1.807, 2.05) is 13.8 Å². The van der Waals surface area contributed by atoms with Gasteiger partial charge in [-0.1, -0.05) is 13.8 Å². The van der Waals surface area contributed by atoms with Crippen molar-refractivity contribution in [1.82, 2.24) is 20.7 Å². The first kappa shape index (κ1) is 11.2. The first-order chi connectivity index (χ1) is 7.17. The predicted molar refractivity (Wildman–Crippen MR) is 52.8 cm³/mol. The molecule has 0 unspecified atom stereocenters. The molecule has 0 spiro atoms. The molecule has 0 bridgehead atoms. The third-order valence-corrected chi connectivity index (χ3v) is 2.42. The predicted octanol–water partition coefficient (Wildman–Crippen LogP) is 0.617. The van der Waals surface area contributed by atoms with E-state index in [2.05, 4.69) is 26.8 Å². The van der Waals surface area contributed by atoms with Gasteiger partial charge in [-0.3, -0.25) is 4.79 Å². The Hall–Kier alpha value is -1.90. The van der Waals surface area contributed by atoms with Gasteiger partial charge in [0.25, 0.3) is 5.91 Å². The summed E-state index contributed by atoms with van der Waals surface area (Å²) >= 11 is 0. The lowest BCUT2D eigenvalue weighted by atomic mass is 9.94. The van der Waals surface area contributed by atoms with Crippen molar-refractivity contribution in [3.8, 4) is 6.07 Å². The van der Waals surface area contributed by atoms with Gasteiger partial charge in [0.2, 0.25) is 0 Å². The monoisotopic (exact) mass is 207 g/mol. The van der Waals surface area contributed by atoms with Crippen LogP contribution in [0.15, 0.2) is 6.20 Å². The van der Waals surface area contributed by atoms with Gasteiger partial charge in [-0.05, 0) is 12.8 Å². The Morgan fingerprint density at radius 3 is 2.73 bits per heavy atom. The first-order valence-corrected chi connectivity index (χ1v) is 4.77. The Balaban J connectivity index is 2.77. The van der Waals surface area contributed by atoms with Gasteiger partial charge in [0, 0.05) is 0 Å². The van der Waals surface area contributed by atoms with E-state index in [1.165, 1.54) is 6.20 Å². The molecule has 15 heavy (non-hydrogen) atoms. The lowest BCUT2D eigenvalue weighted by Crippen LogP contribution is -2.46. The zero-order chi connectivity index (χ0) is 11.3. The molecule has 80 valence electrons. The molecule has 0 radical (unpaired) electrons. The van der Waals surface area contributed by atoms with Gasteiger partial charge in [0.05, 0.1) is 12.3 Å². The Kier molecular flexibility index (Phi) is 3.39. The van der Waals surface area contributed by atoms with Crippen LogP contribution in [0.4, 0.5) is 0 Å². The lowest BCUT2D eigenvalue weighted by Gasteiger charge is -2.24. The SMILES string of the molecule is CCC(C#N)(CC)NC(=O)c1cn[nH]n1. The lowest BCUT2D eigenvalue weighted by molar-refractivity contribution is 0.0910. The smallest absolute Gasteiger partial charge is 0.274 e. The van der Waals surface area contributed by atoms with E-state index in [0.29, 0.717) is 12.8 Å². The molecule has 0 aliphatic carbocycles. The highest BCUT2D eigenvalue weighted by molar-refractivity contribution is 5.92. The van der Waals surface area contributed by atoms with E-state index in [-0.39, 0.29) is 11.6 Å². The molecular weight excluding hydrogens is 194 g/mol. The molecule has 0 saturated carbocycles. The Labute approximate surface area is 87.7 Å². The van der Waals surface area contributed by atoms with Crippen LogP contribution in [0, 0.1) is 11.3 Å². The minimum absolute atomic E-state index is 0.191. The molecule has 6 heteroatoms. The first-order valence-electron chi connectivity index (χ1n) is 4.77. The molecule has 0 fully saturated rings. The quantitative estimate of drug-likeness (QED) is 0.756. The van der Waals surface area contributed by atoms with Crippen molar-refractivity contribution >= 4 is 5.91 Å². The average molecular weight is 207 g/mol. The maximum absolute atomic E-state index is 11.6. The molecule has 1 rings (SSSR count). The molecule has 0 saturated heterocycles. The highest BCUT2D eigenvalue weighted by Crippen LogP contribution is 2.14. The molecule has 1 amide bonds. The molecule has 0 aromatic carbocycles. The van der Waals surface area contributed by atoms with Gasteiger partial charge < -0.3 is 5.32 Å². The zero-order valence-corrected chi connectivity index (χ0v) is 8.74. The number of aromatic amines is 1. The topological polar surface area (TPSA) is 94.5 Å². The second-order valence-electron chi connectivity index (χ2n) is 3.21. The molecule has 1 heterocycles. The third-order valence-electron chi connectivity index (χ3n) is 2.42. The second kappa shape index (κ2) is 4.55. The van der Waals surface area contributed by atoms with Crippen molar-refractivity contribution in [3.05, 3.63) is 11.9 Å². The van der Waals surface area contributed by atoms with Gasteiger partial charge >= 0.3 is 0 Å². The van der Waals surface area contributed by atoms with E-state index in [1.54, 1.807) is 0 Å². The Morgan fingerprint density at radius 2 is 2.33 bits per heavy atom. The Morgan fingerprint density at radius 1 is 1.67 bits per heavy atom. The van der Waals surface area contributed by atoms with Gasteiger partial charge in [0.15, 0.2) is 5.69 Å². The number of carbonyl (C=O) groups excluding carboxylic acids is 1. The molecule has 2 N–H and O–H groups in total. The van der Waals surface area contributed by atoms with Gasteiger partial charge in [-0.15, -0.1) is 0 Å². The number of rotatable bonds is 4. The fourth-order valence-corrected chi connectivity index (χ4v) is 1.21. The number of carbonyl (C=O) groups is 1.